The lowest BCUT2D eigenvalue weighted by Gasteiger charge is -2.48. The maximum absolute atomic E-state index is 13.6. The van der Waals surface area contributed by atoms with E-state index in [4.69, 9.17) is 44.7 Å². The monoisotopic (exact) mass is 906 g/mol. The number of likely N-dealkylation sites (tertiary alicyclic amines) is 2. The number of rotatable bonds is 13. The van der Waals surface area contributed by atoms with E-state index in [0.29, 0.717) is 74.0 Å². The van der Waals surface area contributed by atoms with Crippen LogP contribution < -0.4 is 11.1 Å². The zero-order valence-corrected chi connectivity index (χ0v) is 39.0. The van der Waals surface area contributed by atoms with Crippen molar-refractivity contribution in [1.29, 1.82) is 0 Å². The van der Waals surface area contributed by atoms with Crippen molar-refractivity contribution in [1.82, 2.24) is 15.1 Å². The molecule has 14 nitrogen and oxygen atoms in total. The van der Waals surface area contributed by atoms with Gasteiger partial charge in [0.15, 0.2) is 0 Å². The molecule has 6 rings (SSSR count). The standard InChI is InChI=1S/C26H38ClN5O3.C21H30ClN5O/c1-25(2,3)35-24(34)30-22(17-19-9-11-21(27)12-10-19)23(33)32-15-13-26(14-16-32,18-29-31-28)20-7-5-4-6-8-20;22-18-8-6-16(7-9-18)14-19(23)20(28)27-12-10-21(11-13-27,15-25-26-24)17-4-2-1-3-5-17/h9-12,20,22H,4-8,13-18H2,1-3H3,(H,30,34);6-9,17,19H,1-5,10-15,23H2/t22-;19-/m11/s1. The van der Waals surface area contributed by atoms with E-state index in [1.54, 1.807) is 32.9 Å². The maximum Gasteiger partial charge on any atom is 0.408 e. The van der Waals surface area contributed by atoms with E-state index in [0.717, 1.165) is 49.7 Å². The van der Waals surface area contributed by atoms with Crippen LogP contribution in [-0.4, -0.2) is 84.7 Å². The number of hydrogen-bond acceptors (Lipinski definition) is 7. The normalized spacial score (nSPS) is 20.1. The Morgan fingerprint density at radius 1 is 0.714 bits per heavy atom. The second kappa shape index (κ2) is 23.7. The smallest absolute Gasteiger partial charge is 0.408 e. The summed E-state index contributed by atoms with van der Waals surface area (Å²) in [6, 6.07) is 13.5. The van der Waals surface area contributed by atoms with Gasteiger partial charge in [-0.15, -0.1) is 0 Å². The van der Waals surface area contributed by atoms with Crippen LogP contribution >= 0.6 is 23.2 Å². The minimum Gasteiger partial charge on any atom is -0.444 e. The molecule has 0 spiro atoms. The van der Waals surface area contributed by atoms with E-state index in [-0.39, 0.29) is 22.6 Å². The highest BCUT2D eigenvalue weighted by Gasteiger charge is 2.44. The summed E-state index contributed by atoms with van der Waals surface area (Å²) in [6.07, 6.45) is 15.9. The van der Waals surface area contributed by atoms with Crippen LogP contribution in [0.5, 0.6) is 0 Å². The van der Waals surface area contributed by atoms with Crippen LogP contribution in [-0.2, 0) is 27.2 Å². The van der Waals surface area contributed by atoms with Crippen molar-refractivity contribution < 1.29 is 19.1 Å². The molecule has 2 aromatic carbocycles. The van der Waals surface area contributed by atoms with Gasteiger partial charge in [-0.1, -0.05) is 96.2 Å². The SMILES string of the molecule is CC(C)(C)OC(=O)N[C@H](Cc1ccc(Cl)cc1)C(=O)N1CCC(CN=[N+]=[N-])(C2CCCCC2)CC1.[N-]=[N+]=NCC1(C2CCCCC2)CCN(C(=O)[C@H](N)Cc2ccc(Cl)cc2)CC1. The summed E-state index contributed by atoms with van der Waals surface area (Å²) in [7, 11) is 0. The van der Waals surface area contributed by atoms with Gasteiger partial charge in [0, 0.05) is 65.6 Å². The summed E-state index contributed by atoms with van der Waals surface area (Å²) in [5.41, 5.74) is 25.3. The second-order valence-electron chi connectivity index (χ2n) is 19.3. The van der Waals surface area contributed by atoms with Crippen molar-refractivity contribution in [2.45, 2.75) is 141 Å². The fourth-order valence-corrected chi connectivity index (χ4v) is 10.7. The molecule has 0 bridgehead atoms. The minimum atomic E-state index is -0.745. The number of carbonyl (C=O) groups is 3. The van der Waals surface area contributed by atoms with E-state index < -0.39 is 23.8 Å². The van der Waals surface area contributed by atoms with Gasteiger partial charge in [0.05, 0.1) is 6.04 Å². The maximum atomic E-state index is 13.6. The third kappa shape index (κ3) is 14.7. The number of benzene rings is 2. The summed E-state index contributed by atoms with van der Waals surface area (Å²) in [5, 5.41) is 12.0. The van der Waals surface area contributed by atoms with Crippen molar-refractivity contribution in [2.24, 2.45) is 38.6 Å². The van der Waals surface area contributed by atoms with E-state index in [2.05, 4.69) is 25.4 Å². The predicted octanol–water partition coefficient (Wildman–Crippen LogP) is 11.0. The zero-order valence-electron chi connectivity index (χ0n) is 37.5. The first-order valence-electron chi connectivity index (χ1n) is 23.0. The molecule has 2 heterocycles. The van der Waals surface area contributed by atoms with Crippen LogP contribution in [0.25, 0.3) is 20.9 Å². The fourth-order valence-electron chi connectivity index (χ4n) is 10.4. The number of amides is 3. The number of nitrogens with zero attached hydrogens (tertiary/aromatic N) is 8. The van der Waals surface area contributed by atoms with E-state index >= 15 is 0 Å². The van der Waals surface area contributed by atoms with Crippen LogP contribution in [0.3, 0.4) is 0 Å². The summed E-state index contributed by atoms with van der Waals surface area (Å²) in [6.45, 7) is 8.99. The molecule has 2 aromatic rings. The molecule has 4 fully saturated rings. The molecule has 63 heavy (non-hydrogen) atoms. The molecule has 0 radical (unpaired) electrons. The molecule has 0 aromatic heterocycles. The van der Waals surface area contributed by atoms with Crippen molar-refractivity contribution >= 4 is 41.1 Å². The van der Waals surface area contributed by atoms with E-state index in [1.165, 1.54) is 51.4 Å². The first-order chi connectivity index (χ1) is 30.2. The van der Waals surface area contributed by atoms with E-state index in [1.807, 2.05) is 46.2 Å². The third-order valence-electron chi connectivity index (χ3n) is 14.0. The van der Waals surface area contributed by atoms with Gasteiger partial charge in [-0.05, 0) is 148 Å². The molecule has 16 heteroatoms. The number of piperidine rings is 2. The van der Waals surface area contributed by atoms with Gasteiger partial charge < -0.3 is 25.6 Å². The number of nitrogens with two attached hydrogens (primary N) is 1. The lowest BCUT2D eigenvalue weighted by atomic mass is 9.64. The van der Waals surface area contributed by atoms with Crippen LogP contribution in [0.1, 0.15) is 122 Å². The molecule has 344 valence electrons. The highest BCUT2D eigenvalue weighted by atomic mass is 35.5. The average Bonchev–Trinajstić information content (AvgIpc) is 3.29. The number of carbonyl (C=O) groups excluding carboxylic acids is 3. The number of alkyl carbamates (subject to hydrolysis) is 1. The van der Waals surface area contributed by atoms with Gasteiger partial charge in [0.2, 0.25) is 11.8 Å². The largest absolute Gasteiger partial charge is 0.444 e. The Balaban J connectivity index is 0.000000243. The Morgan fingerprint density at radius 3 is 1.51 bits per heavy atom. The van der Waals surface area contributed by atoms with Crippen LogP contribution in [0.4, 0.5) is 4.79 Å². The lowest BCUT2D eigenvalue weighted by molar-refractivity contribution is -0.137. The van der Waals surface area contributed by atoms with Gasteiger partial charge in [-0.3, -0.25) is 9.59 Å². The van der Waals surface area contributed by atoms with Crippen LogP contribution in [0, 0.1) is 22.7 Å². The summed E-state index contributed by atoms with van der Waals surface area (Å²) >= 11 is 11.9. The number of ether oxygens (including phenoxy) is 1. The molecule has 3 amide bonds. The number of nitrogens with one attached hydrogen (secondary N) is 1. The Bertz CT molecular complexity index is 1890. The summed E-state index contributed by atoms with van der Waals surface area (Å²) in [5.74, 6) is 1.03. The quantitative estimate of drug-likeness (QED) is 0.114. The summed E-state index contributed by atoms with van der Waals surface area (Å²) < 4.78 is 5.43. The number of halogens is 2. The van der Waals surface area contributed by atoms with Gasteiger partial charge in [-0.25, -0.2) is 4.79 Å². The van der Waals surface area contributed by atoms with Crippen molar-refractivity contribution in [3.05, 3.63) is 90.6 Å². The first kappa shape index (κ1) is 49.8. The first-order valence-corrected chi connectivity index (χ1v) is 23.7. The van der Waals surface area contributed by atoms with Gasteiger partial charge in [-0.2, -0.15) is 0 Å². The molecule has 4 aliphatic rings. The van der Waals surface area contributed by atoms with Crippen molar-refractivity contribution in [3.8, 4) is 0 Å². The van der Waals surface area contributed by atoms with Crippen LogP contribution in [0.15, 0.2) is 58.8 Å². The molecular weight excluding hydrogens is 839 g/mol. The molecule has 2 aliphatic carbocycles. The van der Waals surface area contributed by atoms with Gasteiger partial charge in [0.1, 0.15) is 11.6 Å². The second-order valence-corrected chi connectivity index (χ2v) is 20.2. The van der Waals surface area contributed by atoms with Gasteiger partial charge >= 0.3 is 6.09 Å². The minimum absolute atomic E-state index is 0.0102. The third-order valence-corrected chi connectivity index (χ3v) is 14.5. The number of hydrogen-bond donors (Lipinski definition) is 2. The Morgan fingerprint density at radius 2 is 1.11 bits per heavy atom. The predicted molar refractivity (Wildman–Crippen MR) is 249 cm³/mol. The molecule has 2 aliphatic heterocycles. The van der Waals surface area contributed by atoms with E-state index in [9.17, 15) is 14.4 Å². The summed E-state index contributed by atoms with van der Waals surface area (Å²) in [4.78, 5) is 48.8. The van der Waals surface area contributed by atoms with Crippen molar-refractivity contribution in [3.63, 3.8) is 0 Å². The lowest BCUT2D eigenvalue weighted by Crippen LogP contribution is -2.55. The molecule has 0 unspecified atom stereocenters. The molecule has 2 saturated heterocycles. The van der Waals surface area contributed by atoms with Gasteiger partial charge in [0.25, 0.3) is 0 Å². The Labute approximate surface area is 383 Å². The molecule has 3 N–H and O–H groups in total. The number of azide groups is 2. The molecule has 2 saturated carbocycles. The Hall–Kier alpha value is -4.19. The average molecular weight is 908 g/mol. The molecule has 2 atom stereocenters. The fraction of sp³-hybridized carbons (Fsp3) is 0.681. The van der Waals surface area contributed by atoms with Crippen LogP contribution in [0.2, 0.25) is 10.0 Å². The highest BCUT2D eigenvalue weighted by molar-refractivity contribution is 6.30. The molecular formula is C47H68Cl2N10O4. The zero-order chi connectivity index (χ0) is 45.5. The topological polar surface area (TPSA) is 202 Å². The van der Waals surface area contributed by atoms with Crippen molar-refractivity contribution in [2.75, 3.05) is 39.3 Å². The Kier molecular flexibility index (Phi) is 18.7. The highest BCUT2D eigenvalue weighted by Crippen LogP contribution is 2.47.